The zero-order valence-corrected chi connectivity index (χ0v) is 13.2. The van der Waals surface area contributed by atoms with Crippen molar-refractivity contribution in [2.24, 2.45) is 0 Å². The largest absolute Gasteiger partial charge is 0.495 e. The van der Waals surface area contributed by atoms with Crippen LogP contribution in [0.4, 0.5) is 0 Å². The molecule has 4 heteroatoms. The average molecular weight is 335 g/mol. The van der Waals surface area contributed by atoms with Crippen LogP contribution >= 0.6 is 15.9 Å². The molecule has 0 bridgehead atoms. The van der Waals surface area contributed by atoms with Gasteiger partial charge in [-0.3, -0.25) is 4.79 Å². The maximum absolute atomic E-state index is 11.0. The Bertz CT molecular complexity index is 650. The third-order valence-electron chi connectivity index (χ3n) is 3.17. The number of hydrogen-bond acceptors (Lipinski definition) is 3. The van der Waals surface area contributed by atoms with Gasteiger partial charge in [0, 0.05) is 11.1 Å². The minimum Gasteiger partial charge on any atom is -0.495 e. The Morgan fingerprint density at radius 1 is 1.05 bits per heavy atom. The van der Waals surface area contributed by atoms with Crippen LogP contribution in [-0.4, -0.2) is 20.5 Å². The van der Waals surface area contributed by atoms with Crippen molar-refractivity contribution in [2.75, 3.05) is 14.2 Å². The van der Waals surface area contributed by atoms with Gasteiger partial charge in [-0.25, -0.2) is 0 Å². The van der Waals surface area contributed by atoms with Crippen LogP contribution in [0.1, 0.15) is 15.9 Å². The highest BCUT2D eigenvalue weighted by Gasteiger charge is 2.15. The molecule has 0 aliphatic rings. The van der Waals surface area contributed by atoms with Crippen LogP contribution in [0.25, 0.3) is 11.1 Å². The molecule has 104 valence electrons. The molecule has 0 aromatic heterocycles. The Morgan fingerprint density at radius 3 is 2.40 bits per heavy atom. The van der Waals surface area contributed by atoms with Gasteiger partial charge in [-0.2, -0.15) is 0 Å². The standard InChI is InChI=1S/C16H15BrO3/c1-10-4-5-11(9-18)8-13(10)12-6-7-14(19-2)15(17)16(12)20-3/h4-9H,1-3H3. The average Bonchev–Trinajstić information content (AvgIpc) is 2.47. The molecule has 0 aliphatic heterocycles. The first-order valence-corrected chi connectivity index (χ1v) is 6.88. The summed E-state index contributed by atoms with van der Waals surface area (Å²) >= 11 is 3.49. The van der Waals surface area contributed by atoms with E-state index < -0.39 is 0 Å². The second-order valence-electron chi connectivity index (χ2n) is 4.35. The molecule has 0 amide bonds. The number of aldehydes is 1. The molecule has 0 saturated heterocycles. The number of benzene rings is 2. The van der Waals surface area contributed by atoms with Crippen molar-refractivity contribution in [3.63, 3.8) is 0 Å². The lowest BCUT2D eigenvalue weighted by Crippen LogP contribution is -1.95. The van der Waals surface area contributed by atoms with Gasteiger partial charge in [0.05, 0.1) is 14.2 Å². The molecule has 2 rings (SSSR count). The molecule has 2 aromatic rings. The van der Waals surface area contributed by atoms with Gasteiger partial charge in [-0.1, -0.05) is 12.1 Å². The fourth-order valence-corrected chi connectivity index (χ4v) is 2.78. The van der Waals surface area contributed by atoms with Crippen LogP contribution in [0.15, 0.2) is 34.8 Å². The van der Waals surface area contributed by atoms with Crippen LogP contribution in [0, 0.1) is 6.92 Å². The van der Waals surface area contributed by atoms with Gasteiger partial charge in [0.2, 0.25) is 0 Å². The van der Waals surface area contributed by atoms with Crippen LogP contribution in [-0.2, 0) is 0 Å². The molecule has 0 radical (unpaired) electrons. The van der Waals surface area contributed by atoms with Gasteiger partial charge in [0.25, 0.3) is 0 Å². The first kappa shape index (κ1) is 14.6. The van der Waals surface area contributed by atoms with E-state index in [1.54, 1.807) is 20.3 Å². The molecular weight excluding hydrogens is 320 g/mol. The fourth-order valence-electron chi connectivity index (χ4n) is 2.11. The van der Waals surface area contributed by atoms with E-state index in [-0.39, 0.29) is 0 Å². The lowest BCUT2D eigenvalue weighted by molar-refractivity contribution is 0.112. The molecule has 0 spiro atoms. The van der Waals surface area contributed by atoms with Crippen molar-refractivity contribution in [3.8, 4) is 22.6 Å². The van der Waals surface area contributed by atoms with E-state index in [1.165, 1.54) is 0 Å². The number of halogens is 1. The molecule has 0 N–H and O–H groups in total. The molecule has 0 saturated carbocycles. The van der Waals surface area contributed by atoms with Crippen LogP contribution in [0.2, 0.25) is 0 Å². The summed E-state index contributed by atoms with van der Waals surface area (Å²) in [5.74, 6) is 1.39. The molecule has 0 heterocycles. The Hall–Kier alpha value is -1.81. The summed E-state index contributed by atoms with van der Waals surface area (Å²) in [6.07, 6.45) is 0.841. The second kappa shape index (κ2) is 6.09. The quantitative estimate of drug-likeness (QED) is 0.784. The third-order valence-corrected chi connectivity index (χ3v) is 3.92. The zero-order valence-electron chi connectivity index (χ0n) is 11.6. The van der Waals surface area contributed by atoms with Crippen molar-refractivity contribution in [1.29, 1.82) is 0 Å². The highest BCUT2D eigenvalue weighted by atomic mass is 79.9. The van der Waals surface area contributed by atoms with E-state index in [2.05, 4.69) is 15.9 Å². The monoisotopic (exact) mass is 334 g/mol. The minimum absolute atomic E-state index is 0.639. The second-order valence-corrected chi connectivity index (χ2v) is 5.15. The van der Waals surface area contributed by atoms with Gasteiger partial charge in [-0.05, 0) is 52.2 Å². The van der Waals surface area contributed by atoms with Gasteiger partial charge < -0.3 is 9.47 Å². The van der Waals surface area contributed by atoms with Crippen LogP contribution in [0.3, 0.4) is 0 Å². The fraction of sp³-hybridized carbons (Fsp3) is 0.188. The Kier molecular flexibility index (Phi) is 4.45. The summed E-state index contributed by atoms with van der Waals surface area (Å²) in [4.78, 5) is 11.0. The van der Waals surface area contributed by atoms with Crippen molar-refractivity contribution in [3.05, 3.63) is 45.9 Å². The number of hydrogen-bond donors (Lipinski definition) is 0. The van der Waals surface area contributed by atoms with Gasteiger partial charge in [-0.15, -0.1) is 0 Å². The smallest absolute Gasteiger partial charge is 0.150 e. The first-order valence-electron chi connectivity index (χ1n) is 6.09. The summed E-state index contributed by atoms with van der Waals surface area (Å²) in [6, 6.07) is 9.39. The highest BCUT2D eigenvalue weighted by molar-refractivity contribution is 9.10. The summed E-state index contributed by atoms with van der Waals surface area (Å²) in [6.45, 7) is 2.00. The SMILES string of the molecule is COc1ccc(-c2cc(C=O)ccc2C)c(OC)c1Br. The zero-order chi connectivity index (χ0) is 14.7. The summed E-state index contributed by atoms with van der Waals surface area (Å²) in [5.41, 5.74) is 3.60. The number of carbonyl (C=O) groups excluding carboxylic acids is 1. The van der Waals surface area contributed by atoms with Crippen molar-refractivity contribution in [2.45, 2.75) is 6.92 Å². The number of ether oxygens (including phenoxy) is 2. The van der Waals surface area contributed by atoms with Gasteiger partial charge in [0.1, 0.15) is 22.3 Å². The van der Waals surface area contributed by atoms with Crippen molar-refractivity contribution >= 4 is 22.2 Å². The first-order chi connectivity index (χ1) is 9.62. The van der Waals surface area contributed by atoms with E-state index in [9.17, 15) is 4.79 Å². The molecule has 0 atom stereocenters. The van der Waals surface area contributed by atoms with Crippen LogP contribution < -0.4 is 9.47 Å². The molecule has 0 fully saturated rings. The van der Waals surface area contributed by atoms with E-state index in [0.717, 1.165) is 27.4 Å². The topological polar surface area (TPSA) is 35.5 Å². The van der Waals surface area contributed by atoms with Crippen LogP contribution in [0.5, 0.6) is 11.5 Å². The van der Waals surface area contributed by atoms with E-state index in [1.807, 2.05) is 31.2 Å². The Balaban J connectivity index is 2.69. The maximum atomic E-state index is 11.0. The lowest BCUT2D eigenvalue weighted by Gasteiger charge is -2.15. The number of rotatable bonds is 4. The normalized spacial score (nSPS) is 10.2. The predicted molar refractivity (Wildman–Crippen MR) is 82.8 cm³/mol. The van der Waals surface area contributed by atoms with Gasteiger partial charge in [0.15, 0.2) is 0 Å². The Labute approximate surface area is 126 Å². The van der Waals surface area contributed by atoms with E-state index >= 15 is 0 Å². The highest BCUT2D eigenvalue weighted by Crippen LogP contribution is 2.42. The summed E-state index contributed by atoms with van der Waals surface area (Å²) < 4.78 is 11.5. The molecular formula is C16H15BrO3. The van der Waals surface area contributed by atoms with E-state index in [4.69, 9.17) is 9.47 Å². The summed E-state index contributed by atoms with van der Waals surface area (Å²) in [7, 11) is 3.22. The lowest BCUT2D eigenvalue weighted by atomic mass is 9.97. The summed E-state index contributed by atoms with van der Waals surface area (Å²) in [5, 5.41) is 0. The maximum Gasteiger partial charge on any atom is 0.150 e. The molecule has 20 heavy (non-hydrogen) atoms. The molecule has 3 nitrogen and oxygen atoms in total. The molecule has 0 aliphatic carbocycles. The minimum atomic E-state index is 0.639. The Morgan fingerprint density at radius 2 is 1.80 bits per heavy atom. The number of aryl methyl sites for hydroxylation is 1. The van der Waals surface area contributed by atoms with E-state index in [0.29, 0.717) is 17.1 Å². The van der Waals surface area contributed by atoms with Crippen molar-refractivity contribution in [1.82, 2.24) is 0 Å². The molecule has 2 aromatic carbocycles. The number of methoxy groups -OCH3 is 2. The number of carbonyl (C=O) groups is 1. The molecule has 0 unspecified atom stereocenters. The third kappa shape index (κ3) is 2.56. The van der Waals surface area contributed by atoms with Gasteiger partial charge >= 0.3 is 0 Å². The predicted octanol–water partition coefficient (Wildman–Crippen LogP) is 4.25. The van der Waals surface area contributed by atoms with Crippen molar-refractivity contribution < 1.29 is 14.3 Å².